The first-order valence-corrected chi connectivity index (χ1v) is 7.00. The number of nitrogens with zero attached hydrogens (tertiary/aromatic N) is 4. The van der Waals surface area contributed by atoms with Gasteiger partial charge in [0.05, 0.1) is 10.2 Å². The van der Waals surface area contributed by atoms with Gasteiger partial charge in [-0.1, -0.05) is 17.7 Å². The van der Waals surface area contributed by atoms with Crippen molar-refractivity contribution in [1.29, 1.82) is 0 Å². The lowest BCUT2D eigenvalue weighted by atomic mass is 10.2. The zero-order valence-electron chi connectivity index (χ0n) is 10.7. The number of fused-ring (bicyclic) bond motifs is 1. The van der Waals surface area contributed by atoms with Crippen LogP contribution in [0.2, 0.25) is 5.15 Å². The minimum atomic E-state index is -0.353. The van der Waals surface area contributed by atoms with Crippen LogP contribution in [0.4, 0.5) is 4.39 Å². The van der Waals surface area contributed by atoms with Gasteiger partial charge < -0.3 is 0 Å². The SMILES string of the molecule is Cc1nc(Cl)c2nnc(-c3cccc(F)c3Br)n2c1C. The van der Waals surface area contributed by atoms with Crippen molar-refractivity contribution in [3.63, 3.8) is 0 Å². The normalized spacial score (nSPS) is 11.2. The molecule has 0 aliphatic heterocycles. The molecule has 1 aromatic carbocycles. The summed E-state index contributed by atoms with van der Waals surface area (Å²) in [6.45, 7) is 3.75. The van der Waals surface area contributed by atoms with Gasteiger partial charge in [0.1, 0.15) is 5.82 Å². The van der Waals surface area contributed by atoms with Crippen LogP contribution in [0.3, 0.4) is 0 Å². The summed E-state index contributed by atoms with van der Waals surface area (Å²) in [4.78, 5) is 4.20. The van der Waals surface area contributed by atoms with Crippen molar-refractivity contribution in [3.8, 4) is 11.4 Å². The second-order valence-corrected chi connectivity index (χ2v) is 5.51. The Morgan fingerprint density at radius 2 is 2.00 bits per heavy atom. The molecule has 0 N–H and O–H groups in total. The number of hydrogen-bond donors (Lipinski definition) is 0. The molecule has 3 aromatic rings. The zero-order valence-corrected chi connectivity index (χ0v) is 13.0. The average molecular weight is 356 g/mol. The lowest BCUT2D eigenvalue weighted by molar-refractivity contribution is 0.621. The summed E-state index contributed by atoms with van der Waals surface area (Å²) in [5.74, 6) is 0.171. The van der Waals surface area contributed by atoms with E-state index in [-0.39, 0.29) is 11.0 Å². The minimum absolute atomic E-state index is 0.277. The van der Waals surface area contributed by atoms with Gasteiger partial charge in [-0.05, 0) is 41.9 Å². The topological polar surface area (TPSA) is 43.1 Å². The van der Waals surface area contributed by atoms with Gasteiger partial charge in [0.15, 0.2) is 16.6 Å². The molecule has 0 saturated carbocycles. The summed E-state index contributed by atoms with van der Waals surface area (Å²) in [5, 5.41) is 8.44. The molecule has 0 radical (unpaired) electrons. The molecule has 0 spiro atoms. The number of aryl methyl sites for hydroxylation is 2. The minimum Gasteiger partial charge on any atom is -0.275 e. The van der Waals surface area contributed by atoms with E-state index in [0.29, 0.717) is 21.5 Å². The molecule has 0 bridgehead atoms. The maximum atomic E-state index is 13.7. The van der Waals surface area contributed by atoms with Crippen LogP contribution in [0.1, 0.15) is 11.4 Å². The highest BCUT2D eigenvalue weighted by atomic mass is 79.9. The molecule has 0 unspecified atom stereocenters. The van der Waals surface area contributed by atoms with E-state index in [4.69, 9.17) is 11.6 Å². The molecule has 0 fully saturated rings. The van der Waals surface area contributed by atoms with E-state index in [1.54, 1.807) is 16.5 Å². The molecule has 20 heavy (non-hydrogen) atoms. The Balaban J connectivity index is 2.41. The summed E-state index contributed by atoms with van der Waals surface area (Å²) in [5.41, 5.74) is 2.71. The Bertz CT molecular complexity index is 831. The number of aromatic nitrogens is 4. The summed E-state index contributed by atoms with van der Waals surface area (Å²) < 4.78 is 15.8. The molecule has 0 amide bonds. The van der Waals surface area contributed by atoms with E-state index in [1.165, 1.54) is 6.07 Å². The van der Waals surface area contributed by atoms with Crippen LogP contribution in [-0.2, 0) is 0 Å². The molecule has 0 atom stereocenters. The van der Waals surface area contributed by atoms with Crippen LogP contribution < -0.4 is 0 Å². The molecular formula is C13H9BrClFN4. The van der Waals surface area contributed by atoms with Gasteiger partial charge in [-0.3, -0.25) is 4.40 Å². The Labute approximate surface area is 127 Å². The maximum Gasteiger partial charge on any atom is 0.199 e. The predicted octanol–water partition coefficient (Wildman–Crippen LogP) is 3.96. The molecule has 0 aliphatic carbocycles. The van der Waals surface area contributed by atoms with Gasteiger partial charge in [0, 0.05) is 11.3 Å². The smallest absolute Gasteiger partial charge is 0.199 e. The summed E-state index contributed by atoms with van der Waals surface area (Å²) in [6, 6.07) is 4.78. The molecule has 2 heterocycles. The van der Waals surface area contributed by atoms with E-state index < -0.39 is 0 Å². The summed E-state index contributed by atoms with van der Waals surface area (Å²) in [7, 11) is 0. The molecule has 2 aromatic heterocycles. The van der Waals surface area contributed by atoms with Gasteiger partial charge in [0.2, 0.25) is 0 Å². The fourth-order valence-corrected chi connectivity index (χ4v) is 2.72. The monoisotopic (exact) mass is 354 g/mol. The van der Waals surface area contributed by atoms with Crippen molar-refractivity contribution in [3.05, 3.63) is 45.0 Å². The molecule has 0 aliphatic rings. The van der Waals surface area contributed by atoms with Crippen LogP contribution in [-0.4, -0.2) is 19.6 Å². The van der Waals surface area contributed by atoms with Crippen molar-refractivity contribution in [1.82, 2.24) is 19.6 Å². The Hall–Kier alpha value is -1.53. The van der Waals surface area contributed by atoms with Crippen molar-refractivity contribution in [2.75, 3.05) is 0 Å². The van der Waals surface area contributed by atoms with Crippen molar-refractivity contribution in [2.45, 2.75) is 13.8 Å². The van der Waals surface area contributed by atoms with Crippen LogP contribution in [0.5, 0.6) is 0 Å². The number of rotatable bonds is 1. The van der Waals surface area contributed by atoms with Crippen molar-refractivity contribution < 1.29 is 4.39 Å². The van der Waals surface area contributed by atoms with Crippen LogP contribution in [0.25, 0.3) is 17.0 Å². The molecule has 3 rings (SSSR count). The van der Waals surface area contributed by atoms with Crippen molar-refractivity contribution in [2.24, 2.45) is 0 Å². The second-order valence-electron chi connectivity index (χ2n) is 4.36. The highest BCUT2D eigenvalue weighted by molar-refractivity contribution is 9.10. The molecule has 7 heteroatoms. The Kier molecular flexibility index (Phi) is 3.22. The van der Waals surface area contributed by atoms with Crippen molar-refractivity contribution >= 4 is 33.2 Å². The molecule has 102 valence electrons. The van der Waals surface area contributed by atoms with Crippen LogP contribution >= 0.6 is 27.5 Å². The Morgan fingerprint density at radius 3 is 2.75 bits per heavy atom. The lowest BCUT2D eigenvalue weighted by Crippen LogP contribution is -2.01. The first kappa shape index (κ1) is 13.5. The third-order valence-corrected chi connectivity index (χ3v) is 4.22. The summed E-state index contributed by atoms with van der Waals surface area (Å²) >= 11 is 9.33. The van der Waals surface area contributed by atoms with E-state index in [0.717, 1.165) is 11.4 Å². The lowest BCUT2D eigenvalue weighted by Gasteiger charge is -2.08. The molecule has 4 nitrogen and oxygen atoms in total. The van der Waals surface area contributed by atoms with E-state index in [2.05, 4.69) is 31.1 Å². The molecular weight excluding hydrogens is 347 g/mol. The van der Waals surface area contributed by atoms with Crippen LogP contribution in [0, 0.1) is 19.7 Å². The fraction of sp³-hybridized carbons (Fsp3) is 0.154. The van der Waals surface area contributed by atoms with Gasteiger partial charge in [0.25, 0.3) is 0 Å². The third-order valence-electron chi connectivity index (χ3n) is 3.16. The van der Waals surface area contributed by atoms with Gasteiger partial charge in [-0.2, -0.15) is 0 Å². The highest BCUT2D eigenvalue weighted by Gasteiger charge is 2.18. The standard InChI is InChI=1S/C13H9BrClFN4/c1-6-7(2)20-12(18-19-13(20)11(15)17-6)8-4-3-5-9(16)10(8)14/h3-5H,1-2H3. The number of benzene rings is 1. The summed E-state index contributed by atoms with van der Waals surface area (Å²) in [6.07, 6.45) is 0. The highest BCUT2D eigenvalue weighted by Crippen LogP contribution is 2.31. The quantitative estimate of drug-likeness (QED) is 0.663. The van der Waals surface area contributed by atoms with E-state index in [1.807, 2.05) is 13.8 Å². The third kappa shape index (κ3) is 1.91. The van der Waals surface area contributed by atoms with Crippen LogP contribution in [0.15, 0.2) is 22.7 Å². The van der Waals surface area contributed by atoms with E-state index >= 15 is 0 Å². The number of halogens is 3. The van der Waals surface area contributed by atoms with Gasteiger partial charge in [-0.25, -0.2) is 9.37 Å². The maximum absolute atomic E-state index is 13.7. The molecule has 0 saturated heterocycles. The largest absolute Gasteiger partial charge is 0.275 e. The zero-order chi connectivity index (χ0) is 14.4. The van der Waals surface area contributed by atoms with Gasteiger partial charge >= 0.3 is 0 Å². The number of hydrogen-bond acceptors (Lipinski definition) is 3. The predicted molar refractivity (Wildman–Crippen MR) is 78.4 cm³/mol. The van der Waals surface area contributed by atoms with E-state index in [9.17, 15) is 4.39 Å². The average Bonchev–Trinajstić information content (AvgIpc) is 2.84. The fourth-order valence-electron chi connectivity index (χ4n) is 2.03. The second kappa shape index (κ2) is 4.79. The first-order chi connectivity index (χ1) is 9.50. The Morgan fingerprint density at radius 1 is 1.25 bits per heavy atom. The van der Waals surface area contributed by atoms with Gasteiger partial charge in [-0.15, -0.1) is 10.2 Å². The first-order valence-electron chi connectivity index (χ1n) is 5.83.